The van der Waals surface area contributed by atoms with Crippen molar-refractivity contribution in [1.82, 2.24) is 15.0 Å². The molecule has 0 unspecified atom stereocenters. The van der Waals surface area contributed by atoms with Gasteiger partial charge in [-0.2, -0.15) is 20.2 Å². The van der Waals surface area contributed by atoms with Crippen LogP contribution in [-0.4, -0.2) is 33.2 Å². The van der Waals surface area contributed by atoms with E-state index in [4.69, 9.17) is 33.6 Å². The van der Waals surface area contributed by atoms with Crippen molar-refractivity contribution in [3.8, 4) is 6.07 Å². The summed E-state index contributed by atoms with van der Waals surface area (Å²) >= 11 is 12.5. The first kappa shape index (κ1) is 19.8. The number of aromatic nitrogens is 3. The highest BCUT2D eigenvalue weighted by Crippen LogP contribution is 2.26. The van der Waals surface area contributed by atoms with Crippen molar-refractivity contribution in [2.75, 3.05) is 23.8 Å². The van der Waals surface area contributed by atoms with Gasteiger partial charge in [0.2, 0.25) is 11.9 Å². The number of hydrogen-bond donors (Lipinski definition) is 3. The van der Waals surface area contributed by atoms with Crippen LogP contribution in [0.4, 0.5) is 17.6 Å². The second kappa shape index (κ2) is 9.33. The molecule has 0 bridgehead atoms. The zero-order valence-electron chi connectivity index (χ0n) is 14.7. The molecule has 3 rings (SSSR count). The van der Waals surface area contributed by atoms with Gasteiger partial charge in [-0.1, -0.05) is 29.3 Å². The summed E-state index contributed by atoms with van der Waals surface area (Å²) in [7, 11) is 0. The van der Waals surface area contributed by atoms with Crippen LogP contribution in [-0.2, 0) is 6.42 Å². The average molecular weight is 415 g/mol. The lowest BCUT2D eigenvalue weighted by molar-refractivity contribution is 0.310. The molecule has 7 nitrogen and oxygen atoms in total. The van der Waals surface area contributed by atoms with Gasteiger partial charge in [-0.3, -0.25) is 0 Å². The Morgan fingerprint density at radius 3 is 2.29 bits per heavy atom. The summed E-state index contributed by atoms with van der Waals surface area (Å²) in [6.45, 7) is 0.238. The number of rotatable bonds is 7. The van der Waals surface area contributed by atoms with Gasteiger partial charge in [0.05, 0.1) is 18.2 Å². The van der Waals surface area contributed by atoms with E-state index in [9.17, 15) is 0 Å². The molecule has 28 heavy (non-hydrogen) atoms. The van der Waals surface area contributed by atoms with Crippen molar-refractivity contribution in [1.29, 1.82) is 5.26 Å². The summed E-state index contributed by atoms with van der Waals surface area (Å²) in [6.07, 6.45) is 0.316. The van der Waals surface area contributed by atoms with Crippen molar-refractivity contribution in [2.45, 2.75) is 6.42 Å². The lowest BCUT2D eigenvalue weighted by Crippen LogP contribution is -2.13. The van der Waals surface area contributed by atoms with Crippen LogP contribution in [0.15, 0.2) is 42.5 Å². The van der Waals surface area contributed by atoms with E-state index in [1.807, 2.05) is 0 Å². The normalized spacial score (nSPS) is 10.4. The Bertz CT molecular complexity index is 984. The minimum atomic E-state index is -0.0598. The van der Waals surface area contributed by atoms with Gasteiger partial charge < -0.3 is 15.7 Å². The average Bonchev–Trinajstić information content (AvgIpc) is 2.70. The van der Waals surface area contributed by atoms with E-state index in [-0.39, 0.29) is 6.61 Å². The first-order valence-electron chi connectivity index (χ1n) is 8.39. The van der Waals surface area contributed by atoms with Crippen molar-refractivity contribution in [3.05, 3.63) is 69.5 Å². The number of hydrogen-bond acceptors (Lipinski definition) is 7. The van der Waals surface area contributed by atoms with Crippen LogP contribution >= 0.6 is 23.2 Å². The van der Waals surface area contributed by atoms with Gasteiger partial charge in [-0.05, 0) is 42.0 Å². The molecular formula is C19H16Cl2N6O. The molecule has 3 N–H and O–H groups in total. The maximum atomic E-state index is 9.05. The summed E-state index contributed by atoms with van der Waals surface area (Å²) in [5.74, 6) is 1.10. The summed E-state index contributed by atoms with van der Waals surface area (Å²) in [4.78, 5) is 13.1. The molecule has 0 fully saturated rings. The molecule has 0 aliphatic carbocycles. The molecule has 1 aromatic heterocycles. The van der Waals surface area contributed by atoms with Gasteiger partial charge in [-0.25, -0.2) is 0 Å². The molecule has 0 radical (unpaired) electrons. The van der Waals surface area contributed by atoms with Crippen molar-refractivity contribution in [3.63, 3.8) is 0 Å². The van der Waals surface area contributed by atoms with Crippen LogP contribution in [0.1, 0.15) is 17.0 Å². The summed E-state index contributed by atoms with van der Waals surface area (Å²) in [6, 6.07) is 14.3. The topological polar surface area (TPSA) is 107 Å². The third-order valence-corrected chi connectivity index (χ3v) is 4.45. The Labute approximate surface area is 172 Å². The quantitative estimate of drug-likeness (QED) is 0.539. The lowest BCUT2D eigenvalue weighted by atomic mass is 10.1. The number of benzene rings is 2. The number of halogens is 2. The van der Waals surface area contributed by atoms with Crippen molar-refractivity contribution >= 4 is 40.8 Å². The summed E-state index contributed by atoms with van der Waals surface area (Å²) in [5.41, 5.74) is 2.00. The minimum absolute atomic E-state index is 0.0598. The van der Waals surface area contributed by atoms with E-state index in [0.29, 0.717) is 46.3 Å². The second-order valence-corrected chi connectivity index (χ2v) is 6.55. The molecule has 9 heteroatoms. The third-order valence-electron chi connectivity index (χ3n) is 3.74. The van der Waals surface area contributed by atoms with E-state index in [2.05, 4.69) is 31.7 Å². The predicted octanol–water partition coefficient (Wildman–Crippen LogP) is 3.79. The van der Waals surface area contributed by atoms with E-state index in [1.54, 1.807) is 42.5 Å². The Balaban J connectivity index is 1.90. The third kappa shape index (κ3) is 5.08. The molecule has 3 aromatic rings. The molecule has 0 amide bonds. The maximum absolute atomic E-state index is 9.05. The highest BCUT2D eigenvalue weighted by Gasteiger charge is 2.12. The van der Waals surface area contributed by atoms with Crippen LogP contribution < -0.4 is 10.6 Å². The molecule has 0 aliphatic rings. The molecule has 0 saturated heterocycles. The van der Waals surface area contributed by atoms with Crippen molar-refractivity contribution in [2.24, 2.45) is 0 Å². The first-order chi connectivity index (χ1) is 13.6. The predicted molar refractivity (Wildman–Crippen MR) is 109 cm³/mol. The Hall–Kier alpha value is -2.92. The Kier molecular flexibility index (Phi) is 6.61. The highest BCUT2D eigenvalue weighted by atomic mass is 35.5. The fourth-order valence-electron chi connectivity index (χ4n) is 2.42. The molecule has 0 spiro atoms. The fourth-order valence-corrected chi connectivity index (χ4v) is 2.95. The Morgan fingerprint density at radius 2 is 1.64 bits per heavy atom. The SMILES string of the molecule is N#Cc1ccc(Nc2nc(Cc3c(Cl)cccc3Cl)nc(NCCO)n2)cc1. The van der Waals surface area contributed by atoms with Gasteiger partial charge in [0.25, 0.3) is 0 Å². The molecule has 0 saturated carbocycles. The molecule has 0 aliphatic heterocycles. The number of aliphatic hydroxyl groups is 1. The summed E-state index contributed by atoms with van der Waals surface area (Å²) < 4.78 is 0. The first-order valence-corrected chi connectivity index (χ1v) is 9.14. The van der Waals surface area contributed by atoms with Gasteiger partial charge in [-0.15, -0.1) is 0 Å². The van der Waals surface area contributed by atoms with Crippen LogP contribution in [0.25, 0.3) is 0 Å². The number of nitrogens with zero attached hydrogens (tertiary/aromatic N) is 4. The van der Waals surface area contributed by atoms with Gasteiger partial charge >= 0.3 is 0 Å². The van der Waals surface area contributed by atoms with Crippen LogP contribution in [0.2, 0.25) is 10.0 Å². The molecule has 142 valence electrons. The molecule has 1 heterocycles. The number of aliphatic hydroxyl groups excluding tert-OH is 1. The Morgan fingerprint density at radius 1 is 0.964 bits per heavy atom. The van der Waals surface area contributed by atoms with Crippen LogP contribution in [0.5, 0.6) is 0 Å². The highest BCUT2D eigenvalue weighted by molar-refractivity contribution is 6.36. The molecule has 0 atom stereocenters. The van der Waals surface area contributed by atoms with Gasteiger partial charge in [0, 0.05) is 28.7 Å². The number of anilines is 3. The number of nitriles is 1. The van der Waals surface area contributed by atoms with E-state index in [1.165, 1.54) is 0 Å². The smallest absolute Gasteiger partial charge is 0.232 e. The minimum Gasteiger partial charge on any atom is -0.395 e. The molecule has 2 aromatic carbocycles. The van der Waals surface area contributed by atoms with E-state index < -0.39 is 0 Å². The van der Waals surface area contributed by atoms with E-state index in [0.717, 1.165) is 11.3 Å². The lowest BCUT2D eigenvalue weighted by Gasteiger charge is -2.11. The van der Waals surface area contributed by atoms with Gasteiger partial charge in [0.1, 0.15) is 5.82 Å². The zero-order valence-corrected chi connectivity index (χ0v) is 16.2. The zero-order chi connectivity index (χ0) is 19.9. The van der Waals surface area contributed by atoms with Crippen molar-refractivity contribution < 1.29 is 5.11 Å². The largest absolute Gasteiger partial charge is 0.395 e. The van der Waals surface area contributed by atoms with E-state index >= 15 is 0 Å². The van der Waals surface area contributed by atoms with Crippen LogP contribution in [0, 0.1) is 11.3 Å². The monoisotopic (exact) mass is 414 g/mol. The number of nitrogens with one attached hydrogen (secondary N) is 2. The maximum Gasteiger partial charge on any atom is 0.232 e. The molecular weight excluding hydrogens is 399 g/mol. The summed E-state index contributed by atoms with van der Waals surface area (Å²) in [5, 5.41) is 25.0. The fraction of sp³-hybridized carbons (Fsp3) is 0.158. The second-order valence-electron chi connectivity index (χ2n) is 5.74. The van der Waals surface area contributed by atoms with Crippen LogP contribution in [0.3, 0.4) is 0 Å². The van der Waals surface area contributed by atoms with Gasteiger partial charge in [0.15, 0.2) is 0 Å². The standard InChI is InChI=1S/C19H16Cl2N6O/c20-15-2-1-3-16(21)14(15)10-17-25-18(23-8-9-28)27-19(26-17)24-13-6-4-12(11-22)5-7-13/h1-7,28H,8-10H2,(H2,23,24,25,26,27).